The van der Waals surface area contributed by atoms with Gasteiger partial charge in [-0.1, -0.05) is 0 Å². The topological polar surface area (TPSA) is 84.1 Å². The number of aromatic nitrogens is 2. The van der Waals surface area contributed by atoms with Crippen molar-refractivity contribution in [2.75, 3.05) is 0 Å². The molecule has 24 heavy (non-hydrogen) atoms. The maximum absolute atomic E-state index is 12.4. The second kappa shape index (κ2) is 6.94. The predicted octanol–water partition coefficient (Wildman–Crippen LogP) is 2.83. The van der Waals surface area contributed by atoms with E-state index in [0.717, 1.165) is 35.5 Å². The lowest BCUT2D eigenvalue weighted by Crippen LogP contribution is -2.23. The zero-order chi connectivity index (χ0) is 17.2. The molecule has 1 aliphatic carbocycles. The number of hydrogen-bond donors (Lipinski definition) is 2. The quantitative estimate of drug-likeness (QED) is 0.840. The molecule has 0 saturated heterocycles. The SMILES string of the molecule is Cc1n[nH]c(C)c1CNS(=O)(=O)c1ccc(OC2CCCC2)cc1. The fraction of sp³-hybridized carbons (Fsp3) is 0.471. The highest BCUT2D eigenvalue weighted by atomic mass is 32.2. The molecule has 1 fully saturated rings. The number of aromatic amines is 1. The van der Waals surface area contributed by atoms with Crippen LogP contribution in [0.4, 0.5) is 0 Å². The Hall–Kier alpha value is -1.86. The minimum absolute atomic E-state index is 0.219. The van der Waals surface area contributed by atoms with Gasteiger partial charge >= 0.3 is 0 Å². The minimum atomic E-state index is -3.56. The first-order chi connectivity index (χ1) is 11.5. The number of nitrogens with one attached hydrogen (secondary N) is 2. The van der Waals surface area contributed by atoms with Gasteiger partial charge in [-0.25, -0.2) is 13.1 Å². The van der Waals surface area contributed by atoms with E-state index < -0.39 is 10.0 Å². The van der Waals surface area contributed by atoms with Gasteiger partial charge in [0.05, 0.1) is 16.7 Å². The number of aryl methyl sites for hydroxylation is 2. The van der Waals surface area contributed by atoms with E-state index in [1.807, 2.05) is 13.8 Å². The average molecular weight is 349 g/mol. The van der Waals surface area contributed by atoms with Crippen molar-refractivity contribution >= 4 is 10.0 Å². The molecular formula is C17H23N3O3S. The molecular weight excluding hydrogens is 326 g/mol. The molecule has 1 aromatic heterocycles. The Labute approximate surface area is 142 Å². The summed E-state index contributed by atoms with van der Waals surface area (Å²) in [7, 11) is -3.56. The number of rotatable bonds is 6. The number of sulfonamides is 1. The third-order valence-corrected chi connectivity index (χ3v) is 5.88. The fourth-order valence-corrected chi connectivity index (χ4v) is 3.98. The van der Waals surface area contributed by atoms with E-state index in [1.54, 1.807) is 24.3 Å². The molecule has 0 amide bonds. The first kappa shape index (κ1) is 17.0. The Morgan fingerprint density at radius 3 is 2.46 bits per heavy atom. The van der Waals surface area contributed by atoms with Crippen molar-refractivity contribution in [2.24, 2.45) is 0 Å². The molecule has 1 aliphatic rings. The van der Waals surface area contributed by atoms with Crippen molar-refractivity contribution in [2.45, 2.75) is 57.1 Å². The number of nitrogens with zero attached hydrogens (tertiary/aromatic N) is 1. The maximum Gasteiger partial charge on any atom is 0.240 e. The van der Waals surface area contributed by atoms with E-state index in [4.69, 9.17) is 4.74 Å². The van der Waals surface area contributed by atoms with E-state index in [-0.39, 0.29) is 17.5 Å². The molecule has 0 spiro atoms. The van der Waals surface area contributed by atoms with Crippen LogP contribution in [0, 0.1) is 13.8 Å². The van der Waals surface area contributed by atoms with Crippen LogP contribution >= 0.6 is 0 Å². The van der Waals surface area contributed by atoms with Gasteiger partial charge in [0.1, 0.15) is 5.75 Å². The highest BCUT2D eigenvalue weighted by molar-refractivity contribution is 7.89. The third-order valence-electron chi connectivity index (χ3n) is 4.46. The van der Waals surface area contributed by atoms with Crippen LogP contribution in [-0.4, -0.2) is 24.7 Å². The average Bonchev–Trinajstić information content (AvgIpc) is 3.17. The lowest BCUT2D eigenvalue weighted by molar-refractivity contribution is 0.210. The monoisotopic (exact) mass is 349 g/mol. The summed E-state index contributed by atoms with van der Waals surface area (Å²) in [6.45, 7) is 3.94. The van der Waals surface area contributed by atoms with Crippen LogP contribution in [-0.2, 0) is 16.6 Å². The smallest absolute Gasteiger partial charge is 0.240 e. The molecule has 130 valence electrons. The second-order valence-electron chi connectivity index (χ2n) is 6.23. The molecule has 1 aromatic carbocycles. The lowest BCUT2D eigenvalue weighted by atomic mass is 10.2. The molecule has 3 rings (SSSR count). The molecule has 0 aliphatic heterocycles. The van der Waals surface area contributed by atoms with Gasteiger partial charge in [0.15, 0.2) is 0 Å². The summed E-state index contributed by atoms with van der Waals surface area (Å²) in [6, 6.07) is 6.62. The standard InChI is InChI=1S/C17H23N3O3S/c1-12-17(13(2)20-19-12)11-18-24(21,22)16-9-7-15(8-10-16)23-14-5-3-4-6-14/h7-10,14,18H,3-6,11H2,1-2H3,(H,19,20). The summed E-state index contributed by atoms with van der Waals surface area (Å²) in [4.78, 5) is 0.236. The fourth-order valence-electron chi connectivity index (χ4n) is 2.98. The van der Waals surface area contributed by atoms with E-state index in [1.165, 1.54) is 12.8 Å². The lowest BCUT2D eigenvalue weighted by Gasteiger charge is -2.13. The molecule has 0 atom stereocenters. The van der Waals surface area contributed by atoms with Crippen molar-refractivity contribution in [1.82, 2.24) is 14.9 Å². The van der Waals surface area contributed by atoms with Crippen LogP contribution in [0.15, 0.2) is 29.2 Å². The summed E-state index contributed by atoms with van der Waals surface area (Å²) < 4.78 is 33.3. The molecule has 1 heterocycles. The largest absolute Gasteiger partial charge is 0.490 e. The Kier molecular flexibility index (Phi) is 4.91. The van der Waals surface area contributed by atoms with Gasteiger partial charge < -0.3 is 4.74 Å². The summed E-state index contributed by atoms with van der Waals surface area (Å²) in [5.74, 6) is 0.724. The molecule has 0 radical (unpaired) electrons. The Morgan fingerprint density at radius 1 is 1.21 bits per heavy atom. The van der Waals surface area contributed by atoms with E-state index >= 15 is 0 Å². The minimum Gasteiger partial charge on any atom is -0.490 e. The van der Waals surface area contributed by atoms with Crippen LogP contribution in [0.3, 0.4) is 0 Å². The summed E-state index contributed by atoms with van der Waals surface area (Å²) in [5.41, 5.74) is 2.55. The molecule has 2 aromatic rings. The van der Waals surface area contributed by atoms with Crippen molar-refractivity contribution in [1.29, 1.82) is 0 Å². The van der Waals surface area contributed by atoms with Crippen LogP contribution in [0.2, 0.25) is 0 Å². The van der Waals surface area contributed by atoms with Gasteiger partial charge in [-0.05, 0) is 63.8 Å². The van der Waals surface area contributed by atoms with Crippen LogP contribution in [0.1, 0.15) is 42.6 Å². The molecule has 7 heteroatoms. The normalized spacial score (nSPS) is 15.8. The van der Waals surface area contributed by atoms with Crippen molar-refractivity contribution in [3.8, 4) is 5.75 Å². The van der Waals surface area contributed by atoms with Crippen LogP contribution in [0.5, 0.6) is 5.75 Å². The number of benzene rings is 1. The maximum atomic E-state index is 12.4. The van der Waals surface area contributed by atoms with Crippen molar-refractivity contribution in [3.05, 3.63) is 41.2 Å². The van der Waals surface area contributed by atoms with Gasteiger partial charge in [-0.15, -0.1) is 0 Å². The van der Waals surface area contributed by atoms with Gasteiger partial charge in [0.2, 0.25) is 10.0 Å². The predicted molar refractivity (Wildman–Crippen MR) is 91.4 cm³/mol. The number of H-pyrrole nitrogens is 1. The highest BCUT2D eigenvalue weighted by Gasteiger charge is 2.18. The van der Waals surface area contributed by atoms with Gasteiger partial charge in [-0.3, -0.25) is 5.10 Å². The number of hydrogen-bond acceptors (Lipinski definition) is 4. The van der Waals surface area contributed by atoms with Crippen LogP contribution < -0.4 is 9.46 Å². The molecule has 0 unspecified atom stereocenters. The highest BCUT2D eigenvalue weighted by Crippen LogP contribution is 2.25. The van der Waals surface area contributed by atoms with E-state index in [0.29, 0.717) is 0 Å². The van der Waals surface area contributed by atoms with Crippen molar-refractivity contribution in [3.63, 3.8) is 0 Å². The molecule has 1 saturated carbocycles. The first-order valence-corrected chi connectivity index (χ1v) is 9.71. The Morgan fingerprint density at radius 2 is 1.88 bits per heavy atom. The zero-order valence-electron chi connectivity index (χ0n) is 14.0. The van der Waals surface area contributed by atoms with Gasteiger partial charge in [0.25, 0.3) is 0 Å². The Bertz CT molecular complexity index is 771. The molecule has 6 nitrogen and oxygen atoms in total. The molecule has 2 N–H and O–H groups in total. The summed E-state index contributed by atoms with van der Waals surface area (Å²) in [5, 5.41) is 6.93. The Balaban J connectivity index is 1.65. The summed E-state index contributed by atoms with van der Waals surface area (Å²) >= 11 is 0. The van der Waals surface area contributed by atoms with Gasteiger partial charge in [-0.2, -0.15) is 5.10 Å². The van der Waals surface area contributed by atoms with E-state index in [2.05, 4.69) is 14.9 Å². The molecule has 0 bridgehead atoms. The number of ether oxygens (including phenoxy) is 1. The second-order valence-corrected chi connectivity index (χ2v) is 8.00. The van der Waals surface area contributed by atoms with E-state index in [9.17, 15) is 8.42 Å². The van der Waals surface area contributed by atoms with Gasteiger partial charge in [0, 0.05) is 17.8 Å². The van der Waals surface area contributed by atoms with Crippen molar-refractivity contribution < 1.29 is 13.2 Å². The third kappa shape index (κ3) is 3.79. The summed E-state index contributed by atoms with van der Waals surface area (Å²) in [6.07, 6.45) is 4.82. The first-order valence-electron chi connectivity index (χ1n) is 8.22. The zero-order valence-corrected chi connectivity index (χ0v) is 14.8. The van der Waals surface area contributed by atoms with Crippen LogP contribution in [0.25, 0.3) is 0 Å².